The molecule has 0 saturated heterocycles. The van der Waals surface area contributed by atoms with Gasteiger partial charge in [-0.2, -0.15) is 0 Å². The molecule has 15 heavy (non-hydrogen) atoms. The van der Waals surface area contributed by atoms with Crippen LogP contribution in [0.3, 0.4) is 0 Å². The fourth-order valence-corrected chi connectivity index (χ4v) is 1.25. The Morgan fingerprint density at radius 1 is 1.40 bits per heavy atom. The fraction of sp³-hybridized carbons (Fsp3) is 0.800. The monoisotopic (exact) mass is 235 g/mol. The second kappa shape index (κ2) is 6.08. The maximum absolute atomic E-state index is 11.3. The molecule has 0 spiro atoms. The average molecular weight is 236 g/mol. The number of esters is 1. The molecule has 1 N–H and O–H groups in total. The van der Waals surface area contributed by atoms with Gasteiger partial charge in [-0.1, -0.05) is 0 Å². The molecule has 0 rings (SSSR count). The zero-order valence-electron chi connectivity index (χ0n) is 9.59. The summed E-state index contributed by atoms with van der Waals surface area (Å²) in [4.78, 5) is 24.6. The predicted molar refractivity (Wildman–Crippen MR) is 58.5 cm³/mol. The molecule has 0 aromatic carbocycles. The molecule has 0 aliphatic carbocycles. The molecule has 0 fully saturated rings. The van der Waals surface area contributed by atoms with Gasteiger partial charge >= 0.3 is 5.97 Å². The first-order valence-corrected chi connectivity index (χ1v) is 5.22. The summed E-state index contributed by atoms with van der Waals surface area (Å²) >= 11 is 5.36. The molecular formula is C10H18ClNO3. The van der Waals surface area contributed by atoms with Gasteiger partial charge < -0.3 is 4.74 Å². The van der Waals surface area contributed by atoms with Gasteiger partial charge in [0.25, 0.3) is 0 Å². The van der Waals surface area contributed by atoms with Gasteiger partial charge in [-0.3, -0.25) is 9.59 Å². The number of hydrogen-bond acceptors (Lipinski definition) is 4. The third kappa shape index (κ3) is 7.33. The molecule has 5 heteroatoms. The molecule has 0 aromatic heterocycles. The van der Waals surface area contributed by atoms with Crippen LogP contribution >= 0.6 is 11.8 Å². The van der Waals surface area contributed by atoms with E-state index in [4.69, 9.17) is 16.5 Å². The van der Waals surface area contributed by atoms with Gasteiger partial charge in [-0.25, -0.2) is 4.84 Å². The number of carbonyl (C=O) groups excluding carboxylic acids is 2. The molecule has 0 amide bonds. The van der Waals surface area contributed by atoms with Crippen molar-refractivity contribution in [3.8, 4) is 0 Å². The molecule has 0 aliphatic heterocycles. The Balaban J connectivity index is 3.94. The van der Waals surface area contributed by atoms with E-state index in [0.29, 0.717) is 6.42 Å². The minimum atomic E-state index is -0.489. The summed E-state index contributed by atoms with van der Waals surface area (Å²) in [5, 5.41) is 0. The Labute approximate surface area is 95.4 Å². The number of hydrogen-bond donors (Lipinski definition) is 1. The third-order valence-electron chi connectivity index (χ3n) is 1.68. The van der Waals surface area contributed by atoms with E-state index >= 15 is 0 Å². The van der Waals surface area contributed by atoms with Crippen molar-refractivity contribution in [2.24, 2.45) is 0 Å². The van der Waals surface area contributed by atoms with Crippen LogP contribution in [0.5, 0.6) is 0 Å². The summed E-state index contributed by atoms with van der Waals surface area (Å²) in [5.74, 6) is -0.408. The van der Waals surface area contributed by atoms with E-state index in [9.17, 15) is 9.59 Å². The molecule has 0 saturated carbocycles. The minimum absolute atomic E-state index is 0.0893. The maximum atomic E-state index is 11.3. The lowest BCUT2D eigenvalue weighted by molar-refractivity contribution is -0.155. The summed E-state index contributed by atoms with van der Waals surface area (Å²) in [6.45, 7) is 6.82. The normalized spacial score (nSPS) is 13.4. The largest absolute Gasteiger partial charge is 0.460 e. The van der Waals surface area contributed by atoms with Gasteiger partial charge in [0.15, 0.2) is 0 Å². The van der Waals surface area contributed by atoms with Gasteiger partial charge in [0.2, 0.25) is 0 Å². The van der Waals surface area contributed by atoms with Crippen LogP contribution < -0.4 is 4.84 Å². The molecule has 1 atom stereocenters. The van der Waals surface area contributed by atoms with Crippen LogP contribution in [0.15, 0.2) is 0 Å². The second-order valence-electron chi connectivity index (χ2n) is 4.40. The number of ketones is 1. The van der Waals surface area contributed by atoms with Gasteiger partial charge in [0, 0.05) is 6.42 Å². The van der Waals surface area contributed by atoms with Crippen molar-refractivity contribution in [3.05, 3.63) is 0 Å². The smallest absolute Gasteiger partial charge is 0.306 e. The van der Waals surface area contributed by atoms with Crippen LogP contribution in [0, 0.1) is 0 Å². The second-order valence-corrected chi connectivity index (χ2v) is 4.62. The number of Topliss-reactive ketones (excluding diaryl/α,β-unsaturated/α-hetero) is 1. The first-order valence-electron chi connectivity index (χ1n) is 4.84. The van der Waals surface area contributed by atoms with Gasteiger partial charge in [-0.15, -0.1) is 0 Å². The molecule has 0 aliphatic rings. The Morgan fingerprint density at radius 3 is 2.27 bits per heavy atom. The van der Waals surface area contributed by atoms with Crippen molar-refractivity contribution >= 4 is 23.5 Å². The Morgan fingerprint density at radius 2 is 1.93 bits per heavy atom. The van der Waals surface area contributed by atoms with Crippen molar-refractivity contribution in [1.82, 2.24) is 4.84 Å². The van der Waals surface area contributed by atoms with E-state index < -0.39 is 11.6 Å². The molecule has 0 heterocycles. The fourth-order valence-electron chi connectivity index (χ4n) is 0.989. The van der Waals surface area contributed by atoms with E-state index in [1.807, 2.05) is 0 Å². The van der Waals surface area contributed by atoms with Crippen molar-refractivity contribution in [3.63, 3.8) is 0 Å². The van der Waals surface area contributed by atoms with E-state index in [1.165, 1.54) is 6.92 Å². The van der Waals surface area contributed by atoms with Crippen LogP contribution in [-0.2, 0) is 14.3 Å². The van der Waals surface area contributed by atoms with E-state index in [0.717, 1.165) is 0 Å². The van der Waals surface area contributed by atoms with Crippen molar-refractivity contribution in [2.45, 2.75) is 52.2 Å². The first kappa shape index (κ1) is 14.4. The number of nitrogens with one attached hydrogen (secondary N) is 1. The Hall–Kier alpha value is -0.610. The van der Waals surface area contributed by atoms with Crippen molar-refractivity contribution in [1.29, 1.82) is 0 Å². The zero-order valence-corrected chi connectivity index (χ0v) is 10.4. The molecule has 88 valence electrons. The van der Waals surface area contributed by atoms with Crippen molar-refractivity contribution < 1.29 is 14.3 Å². The van der Waals surface area contributed by atoms with Gasteiger partial charge in [0.05, 0.1) is 6.04 Å². The SMILES string of the molecule is CC(=O)[C@H](CCC(=O)OC(C)(C)C)NCl. The van der Waals surface area contributed by atoms with E-state index in [1.54, 1.807) is 20.8 Å². The maximum Gasteiger partial charge on any atom is 0.306 e. The minimum Gasteiger partial charge on any atom is -0.460 e. The van der Waals surface area contributed by atoms with Crippen molar-refractivity contribution in [2.75, 3.05) is 0 Å². The quantitative estimate of drug-likeness (QED) is 0.583. The van der Waals surface area contributed by atoms with Crippen LogP contribution in [0.4, 0.5) is 0 Å². The summed E-state index contributed by atoms with van der Waals surface area (Å²) in [5.41, 5.74) is -0.489. The first-order chi connectivity index (χ1) is 6.76. The highest BCUT2D eigenvalue weighted by Gasteiger charge is 2.19. The van der Waals surface area contributed by atoms with Crippen LogP contribution in [0.2, 0.25) is 0 Å². The van der Waals surface area contributed by atoms with Crippen LogP contribution in [-0.4, -0.2) is 23.4 Å². The molecule has 0 aromatic rings. The van der Waals surface area contributed by atoms with Gasteiger partial charge in [-0.05, 0) is 45.9 Å². The van der Waals surface area contributed by atoms with Crippen LogP contribution in [0.1, 0.15) is 40.5 Å². The zero-order chi connectivity index (χ0) is 12.1. The van der Waals surface area contributed by atoms with E-state index in [2.05, 4.69) is 4.84 Å². The summed E-state index contributed by atoms with van der Waals surface area (Å²) in [6.07, 6.45) is 0.537. The summed E-state index contributed by atoms with van der Waals surface area (Å²) in [6, 6.07) is -0.487. The number of ether oxygens (including phenoxy) is 1. The number of carbonyl (C=O) groups is 2. The summed E-state index contributed by atoms with van der Waals surface area (Å²) in [7, 11) is 0. The lowest BCUT2D eigenvalue weighted by Gasteiger charge is -2.20. The average Bonchev–Trinajstić information content (AvgIpc) is 2.01. The molecule has 0 unspecified atom stereocenters. The van der Waals surface area contributed by atoms with Crippen LogP contribution in [0.25, 0.3) is 0 Å². The number of rotatable bonds is 5. The lowest BCUT2D eigenvalue weighted by Crippen LogP contribution is -2.31. The molecule has 4 nitrogen and oxygen atoms in total. The standard InChI is InChI=1S/C10H18ClNO3/c1-7(13)8(12-11)5-6-9(14)15-10(2,3)4/h8,12H,5-6H2,1-4H3/t8-/m0/s1. The third-order valence-corrected chi connectivity index (χ3v) is 1.94. The highest BCUT2D eigenvalue weighted by molar-refractivity contribution is 6.15. The Kier molecular flexibility index (Phi) is 5.83. The number of halogens is 1. The van der Waals surface area contributed by atoms with E-state index in [-0.39, 0.29) is 18.2 Å². The molecule has 0 radical (unpaired) electrons. The topological polar surface area (TPSA) is 55.4 Å². The summed E-state index contributed by atoms with van der Waals surface area (Å²) < 4.78 is 5.09. The Bertz CT molecular complexity index is 235. The molecular weight excluding hydrogens is 218 g/mol. The predicted octanol–water partition coefficient (Wildman–Crippen LogP) is 1.81. The highest BCUT2D eigenvalue weighted by Crippen LogP contribution is 2.10. The molecule has 0 bridgehead atoms. The highest BCUT2D eigenvalue weighted by atomic mass is 35.5. The lowest BCUT2D eigenvalue weighted by atomic mass is 10.1. The van der Waals surface area contributed by atoms with Gasteiger partial charge in [0.1, 0.15) is 11.4 Å².